The van der Waals surface area contributed by atoms with Gasteiger partial charge in [0.25, 0.3) is 0 Å². The van der Waals surface area contributed by atoms with Crippen molar-refractivity contribution in [2.45, 2.75) is 32.3 Å². The van der Waals surface area contributed by atoms with Gasteiger partial charge in [0.05, 0.1) is 6.42 Å². The van der Waals surface area contributed by atoms with Crippen LogP contribution >= 0.6 is 11.3 Å². The third-order valence-corrected chi connectivity index (χ3v) is 4.63. The van der Waals surface area contributed by atoms with E-state index in [4.69, 9.17) is 4.74 Å². The van der Waals surface area contributed by atoms with E-state index in [9.17, 15) is 4.79 Å². The smallest absolute Gasteiger partial charge is 0.180 e. The van der Waals surface area contributed by atoms with Crippen molar-refractivity contribution in [2.75, 3.05) is 0 Å². The maximum atomic E-state index is 12.2. The van der Waals surface area contributed by atoms with Gasteiger partial charge in [0, 0.05) is 10.1 Å². The van der Waals surface area contributed by atoms with Crippen molar-refractivity contribution >= 4 is 27.2 Å². The fourth-order valence-electron chi connectivity index (χ4n) is 2.21. The minimum Gasteiger partial charge on any atom is -0.485 e. The van der Waals surface area contributed by atoms with Gasteiger partial charge >= 0.3 is 0 Å². The van der Waals surface area contributed by atoms with E-state index in [1.54, 1.807) is 11.3 Å². The van der Waals surface area contributed by atoms with Crippen LogP contribution in [-0.4, -0.2) is 11.4 Å². The fourth-order valence-corrected chi connectivity index (χ4v) is 3.27. The zero-order valence-corrected chi connectivity index (χ0v) is 10.8. The Kier molecular flexibility index (Phi) is 2.26. The number of thiophene rings is 1. The molecule has 2 heterocycles. The average Bonchev–Trinajstić information content (AvgIpc) is 2.69. The molecule has 17 heavy (non-hydrogen) atoms. The molecule has 0 aliphatic carbocycles. The summed E-state index contributed by atoms with van der Waals surface area (Å²) >= 11 is 1.54. The Balaban J connectivity index is 2.23. The average molecular weight is 246 g/mol. The Morgan fingerprint density at radius 1 is 1.41 bits per heavy atom. The van der Waals surface area contributed by atoms with Crippen LogP contribution in [0.2, 0.25) is 0 Å². The molecule has 0 bridgehead atoms. The Labute approximate surface area is 104 Å². The maximum absolute atomic E-state index is 12.2. The number of Topliss-reactive ketones (excluding diaryl/α,β-unsaturated/α-hetero) is 1. The van der Waals surface area contributed by atoms with Gasteiger partial charge in [-0.2, -0.15) is 0 Å². The zero-order chi connectivity index (χ0) is 12.0. The van der Waals surface area contributed by atoms with E-state index in [-0.39, 0.29) is 11.4 Å². The SMILES string of the molecule is CCC1(C)CC(=O)c2sc3ccccc3c2O1. The van der Waals surface area contributed by atoms with Gasteiger partial charge in [-0.15, -0.1) is 11.3 Å². The van der Waals surface area contributed by atoms with Crippen LogP contribution in [0, 0.1) is 0 Å². The van der Waals surface area contributed by atoms with Gasteiger partial charge in [-0.1, -0.05) is 19.1 Å². The standard InChI is InChI=1S/C14H14O2S/c1-3-14(2)8-10(15)13-12(16-14)9-6-4-5-7-11(9)17-13/h4-7H,3,8H2,1-2H3. The summed E-state index contributed by atoms with van der Waals surface area (Å²) in [6.07, 6.45) is 1.34. The van der Waals surface area contributed by atoms with Gasteiger partial charge in [-0.25, -0.2) is 0 Å². The van der Waals surface area contributed by atoms with Crippen LogP contribution in [0.25, 0.3) is 10.1 Å². The van der Waals surface area contributed by atoms with Crippen LogP contribution in [-0.2, 0) is 0 Å². The molecule has 0 saturated carbocycles. The molecular weight excluding hydrogens is 232 g/mol. The molecule has 3 rings (SSSR count). The Morgan fingerprint density at radius 2 is 2.18 bits per heavy atom. The number of carbonyl (C=O) groups excluding carboxylic acids is 1. The molecule has 0 radical (unpaired) electrons. The third kappa shape index (κ3) is 1.57. The largest absolute Gasteiger partial charge is 0.485 e. The topological polar surface area (TPSA) is 26.3 Å². The molecule has 1 aromatic carbocycles. The Bertz CT molecular complexity index is 599. The number of carbonyl (C=O) groups is 1. The highest BCUT2D eigenvalue weighted by Crippen LogP contribution is 2.44. The lowest BCUT2D eigenvalue weighted by Crippen LogP contribution is -2.37. The first kappa shape index (κ1) is 10.8. The molecule has 1 atom stereocenters. The summed E-state index contributed by atoms with van der Waals surface area (Å²) in [5, 5.41) is 1.07. The molecule has 2 aromatic rings. The highest BCUT2D eigenvalue weighted by molar-refractivity contribution is 7.21. The minimum absolute atomic E-state index is 0.219. The first-order valence-electron chi connectivity index (χ1n) is 5.87. The van der Waals surface area contributed by atoms with Crippen molar-refractivity contribution in [2.24, 2.45) is 0 Å². The van der Waals surface area contributed by atoms with Crippen LogP contribution < -0.4 is 4.74 Å². The van der Waals surface area contributed by atoms with Crippen LogP contribution in [0.15, 0.2) is 24.3 Å². The number of ketones is 1. The second-order valence-corrected chi connectivity index (χ2v) is 5.81. The number of rotatable bonds is 1. The van der Waals surface area contributed by atoms with Crippen molar-refractivity contribution in [3.63, 3.8) is 0 Å². The lowest BCUT2D eigenvalue weighted by Gasteiger charge is -2.32. The molecule has 88 valence electrons. The van der Waals surface area contributed by atoms with E-state index in [1.165, 1.54) is 0 Å². The van der Waals surface area contributed by atoms with Gasteiger partial charge in [0.15, 0.2) is 5.78 Å². The summed E-state index contributed by atoms with van der Waals surface area (Å²) in [6.45, 7) is 4.08. The number of hydrogen-bond acceptors (Lipinski definition) is 3. The second kappa shape index (κ2) is 3.57. The zero-order valence-electron chi connectivity index (χ0n) is 9.95. The molecule has 0 spiro atoms. The van der Waals surface area contributed by atoms with Gasteiger partial charge in [-0.3, -0.25) is 4.79 Å². The van der Waals surface area contributed by atoms with Crippen LogP contribution in [0.3, 0.4) is 0 Å². The van der Waals surface area contributed by atoms with E-state index in [1.807, 2.05) is 31.2 Å². The molecule has 2 nitrogen and oxygen atoms in total. The lowest BCUT2D eigenvalue weighted by molar-refractivity contribution is 0.0521. The number of ether oxygens (including phenoxy) is 1. The van der Waals surface area contributed by atoms with E-state index < -0.39 is 0 Å². The third-order valence-electron chi connectivity index (χ3n) is 3.43. The van der Waals surface area contributed by atoms with E-state index in [0.717, 1.165) is 27.1 Å². The summed E-state index contributed by atoms with van der Waals surface area (Å²) in [5.41, 5.74) is -0.339. The quantitative estimate of drug-likeness (QED) is 0.759. The van der Waals surface area contributed by atoms with E-state index >= 15 is 0 Å². The second-order valence-electron chi connectivity index (χ2n) is 4.76. The van der Waals surface area contributed by atoms with Gasteiger partial charge in [0.2, 0.25) is 0 Å². The molecular formula is C14H14O2S. The molecule has 0 fully saturated rings. The normalized spacial score (nSPS) is 23.5. The molecule has 0 amide bonds. The van der Waals surface area contributed by atoms with Crippen LogP contribution in [0.4, 0.5) is 0 Å². The highest BCUT2D eigenvalue weighted by Gasteiger charge is 2.37. The molecule has 1 unspecified atom stereocenters. The Hall–Kier alpha value is -1.35. The highest BCUT2D eigenvalue weighted by atomic mass is 32.1. The van der Waals surface area contributed by atoms with Gasteiger partial charge in [-0.05, 0) is 25.5 Å². The van der Waals surface area contributed by atoms with Crippen LogP contribution in [0.1, 0.15) is 36.4 Å². The van der Waals surface area contributed by atoms with E-state index in [2.05, 4.69) is 6.92 Å². The molecule has 1 aliphatic heterocycles. The lowest BCUT2D eigenvalue weighted by atomic mass is 9.92. The summed E-state index contributed by atoms with van der Waals surface area (Å²) < 4.78 is 7.21. The van der Waals surface area contributed by atoms with Crippen molar-refractivity contribution < 1.29 is 9.53 Å². The molecule has 3 heteroatoms. The Morgan fingerprint density at radius 3 is 2.94 bits per heavy atom. The molecule has 1 aromatic heterocycles. The summed E-state index contributed by atoms with van der Waals surface area (Å²) in [5.74, 6) is 1.02. The van der Waals surface area contributed by atoms with Gasteiger partial charge < -0.3 is 4.74 Å². The number of benzene rings is 1. The first-order valence-corrected chi connectivity index (χ1v) is 6.68. The predicted octanol–water partition coefficient (Wildman–Crippen LogP) is 4.04. The molecule has 0 saturated heterocycles. The van der Waals surface area contributed by atoms with Crippen molar-refractivity contribution in [3.05, 3.63) is 29.1 Å². The number of fused-ring (bicyclic) bond motifs is 3. The minimum atomic E-state index is -0.339. The fraction of sp³-hybridized carbons (Fsp3) is 0.357. The predicted molar refractivity (Wildman–Crippen MR) is 70.1 cm³/mol. The van der Waals surface area contributed by atoms with Crippen LogP contribution in [0.5, 0.6) is 5.75 Å². The van der Waals surface area contributed by atoms with Crippen molar-refractivity contribution in [1.29, 1.82) is 0 Å². The summed E-state index contributed by atoms with van der Waals surface area (Å²) in [6, 6.07) is 8.05. The number of hydrogen-bond donors (Lipinski definition) is 0. The summed E-state index contributed by atoms with van der Waals surface area (Å²) in [7, 11) is 0. The molecule has 0 N–H and O–H groups in total. The van der Waals surface area contributed by atoms with Crippen molar-refractivity contribution in [3.8, 4) is 5.75 Å². The maximum Gasteiger partial charge on any atom is 0.180 e. The first-order chi connectivity index (χ1) is 8.13. The summed E-state index contributed by atoms with van der Waals surface area (Å²) in [4.78, 5) is 12.9. The molecule has 1 aliphatic rings. The monoisotopic (exact) mass is 246 g/mol. The van der Waals surface area contributed by atoms with E-state index in [0.29, 0.717) is 6.42 Å². The van der Waals surface area contributed by atoms with Gasteiger partial charge in [0.1, 0.15) is 16.2 Å². The van der Waals surface area contributed by atoms with Crippen molar-refractivity contribution in [1.82, 2.24) is 0 Å².